The molecule has 0 heterocycles. The summed E-state index contributed by atoms with van der Waals surface area (Å²) in [6, 6.07) is 4.71. The van der Waals surface area contributed by atoms with Crippen molar-refractivity contribution in [2.45, 2.75) is 64.7 Å². The Labute approximate surface area is 193 Å². The average Bonchev–Trinajstić information content (AvgIpc) is 2.78. The lowest BCUT2D eigenvalue weighted by molar-refractivity contribution is -0.121. The van der Waals surface area contributed by atoms with E-state index in [1.54, 1.807) is 6.07 Å². The Morgan fingerprint density at radius 1 is 0.812 bits per heavy atom. The molecular weight excluding hydrogens is 398 g/mol. The van der Waals surface area contributed by atoms with Gasteiger partial charge in [-0.3, -0.25) is 4.79 Å². The van der Waals surface area contributed by atoms with Gasteiger partial charge in [0.2, 0.25) is 5.91 Å². The van der Waals surface area contributed by atoms with Gasteiger partial charge in [0.25, 0.3) is 0 Å². The number of unbranched alkanes of at least 4 members (excludes halogenated alkanes) is 1. The van der Waals surface area contributed by atoms with E-state index in [1.165, 1.54) is 12.1 Å². The molecule has 0 saturated carbocycles. The van der Waals surface area contributed by atoms with Crippen LogP contribution in [0.1, 0.15) is 63.9 Å². The molecule has 0 unspecified atom stereocenters. The van der Waals surface area contributed by atoms with E-state index in [4.69, 9.17) is 0 Å². The minimum atomic E-state index is -0.133. The number of carbonyl (C=O) groups excluding carboxylic acids is 1. The zero-order valence-corrected chi connectivity index (χ0v) is 19.4. The Bertz CT molecular complexity index is 788. The summed E-state index contributed by atoms with van der Waals surface area (Å²) in [7, 11) is 0. The van der Waals surface area contributed by atoms with Crippen molar-refractivity contribution < 1.29 is 15.0 Å². The maximum Gasteiger partial charge on any atom is 0.220 e. The van der Waals surface area contributed by atoms with E-state index in [0.29, 0.717) is 19.4 Å². The summed E-state index contributed by atoms with van der Waals surface area (Å²) < 4.78 is 0. The van der Waals surface area contributed by atoms with Gasteiger partial charge in [-0.05, 0) is 69.1 Å². The second kappa shape index (κ2) is 18.7. The highest BCUT2D eigenvalue weighted by Crippen LogP contribution is 2.24. The molecule has 0 bridgehead atoms. The predicted octanol–water partition coefficient (Wildman–Crippen LogP) is 6.68. The summed E-state index contributed by atoms with van der Waals surface area (Å²) >= 11 is 0. The number of allylic oxidation sites excluding steroid dienone is 10. The number of hydrogen-bond acceptors (Lipinski definition) is 3. The summed E-state index contributed by atoms with van der Waals surface area (Å²) in [4.78, 5) is 11.9. The number of nitrogens with one attached hydrogen (secondary N) is 1. The number of phenols is 2. The number of rotatable bonds is 16. The van der Waals surface area contributed by atoms with Gasteiger partial charge in [-0.15, -0.1) is 0 Å². The van der Waals surface area contributed by atoms with Crippen LogP contribution >= 0.6 is 0 Å². The van der Waals surface area contributed by atoms with Gasteiger partial charge < -0.3 is 15.5 Å². The van der Waals surface area contributed by atoms with Gasteiger partial charge in [-0.2, -0.15) is 0 Å². The topological polar surface area (TPSA) is 69.6 Å². The monoisotopic (exact) mass is 437 g/mol. The van der Waals surface area contributed by atoms with Crippen molar-refractivity contribution in [1.82, 2.24) is 5.32 Å². The minimum Gasteiger partial charge on any atom is -0.504 e. The molecular formula is C28H39NO3. The van der Waals surface area contributed by atoms with E-state index in [-0.39, 0.29) is 17.4 Å². The summed E-state index contributed by atoms with van der Waals surface area (Å²) in [5, 5.41) is 21.7. The summed E-state index contributed by atoms with van der Waals surface area (Å²) in [6.07, 6.45) is 29.6. The summed E-state index contributed by atoms with van der Waals surface area (Å²) in [6.45, 7) is 2.66. The molecule has 1 rings (SSSR count). The summed E-state index contributed by atoms with van der Waals surface area (Å²) in [5.74, 6) is -0.223. The molecule has 0 spiro atoms. The highest BCUT2D eigenvalue weighted by Gasteiger charge is 2.03. The molecule has 0 fully saturated rings. The van der Waals surface area contributed by atoms with Crippen LogP contribution in [0.4, 0.5) is 0 Å². The van der Waals surface area contributed by atoms with Gasteiger partial charge in [0, 0.05) is 13.0 Å². The van der Waals surface area contributed by atoms with Crippen molar-refractivity contribution in [3.8, 4) is 11.5 Å². The van der Waals surface area contributed by atoms with Crippen LogP contribution in [0.25, 0.3) is 0 Å². The van der Waals surface area contributed by atoms with E-state index in [0.717, 1.165) is 50.5 Å². The van der Waals surface area contributed by atoms with Gasteiger partial charge in [0.15, 0.2) is 11.5 Å². The van der Waals surface area contributed by atoms with E-state index < -0.39 is 0 Å². The van der Waals surface area contributed by atoms with Gasteiger partial charge in [0.05, 0.1) is 0 Å². The van der Waals surface area contributed by atoms with E-state index >= 15 is 0 Å². The third-order valence-electron chi connectivity index (χ3n) is 4.71. The minimum absolute atomic E-state index is 0.0420. The first-order valence-corrected chi connectivity index (χ1v) is 11.7. The molecule has 4 heteroatoms. The Balaban J connectivity index is 1.99. The molecule has 0 radical (unpaired) electrons. The number of aromatic hydroxyl groups is 2. The molecule has 0 aliphatic rings. The van der Waals surface area contributed by atoms with E-state index in [1.807, 2.05) is 0 Å². The molecule has 0 atom stereocenters. The zero-order chi connectivity index (χ0) is 23.3. The van der Waals surface area contributed by atoms with E-state index in [2.05, 4.69) is 73.0 Å². The van der Waals surface area contributed by atoms with Crippen LogP contribution in [-0.4, -0.2) is 22.7 Å². The number of carbonyl (C=O) groups is 1. The van der Waals surface area contributed by atoms with Crippen LogP contribution in [0.15, 0.2) is 79.0 Å². The molecule has 0 saturated heterocycles. The standard InChI is InChI=1S/C28H39NO3/c1-2-3-4-5-6-7-8-9-10-11-12-13-14-15-16-17-18-19-28(32)29-23-22-25-20-21-26(30)27(31)24-25/h3-4,6-7,9-10,12-13,15-16,20-21,24,30-31H,2,5,8,11,14,17-19,22-23H2,1H3,(H,29,32)/b4-3-,7-6-,10-9-,13-12-,16-15-. The Kier molecular flexibility index (Phi) is 15.8. The maximum absolute atomic E-state index is 11.9. The van der Waals surface area contributed by atoms with Crippen molar-refractivity contribution in [3.05, 3.63) is 84.5 Å². The van der Waals surface area contributed by atoms with Crippen LogP contribution in [0, 0.1) is 0 Å². The van der Waals surface area contributed by atoms with Gasteiger partial charge in [-0.1, -0.05) is 73.8 Å². The van der Waals surface area contributed by atoms with Crippen LogP contribution in [0.5, 0.6) is 11.5 Å². The Morgan fingerprint density at radius 2 is 1.38 bits per heavy atom. The number of amides is 1. The Hall–Kier alpha value is -3.01. The van der Waals surface area contributed by atoms with Crippen LogP contribution < -0.4 is 5.32 Å². The fraction of sp³-hybridized carbons (Fsp3) is 0.393. The molecule has 1 aromatic carbocycles. The van der Waals surface area contributed by atoms with Gasteiger partial charge in [-0.25, -0.2) is 0 Å². The van der Waals surface area contributed by atoms with Crippen molar-refractivity contribution in [2.24, 2.45) is 0 Å². The fourth-order valence-corrected chi connectivity index (χ4v) is 2.91. The zero-order valence-electron chi connectivity index (χ0n) is 19.4. The normalized spacial score (nSPS) is 12.3. The first-order chi connectivity index (χ1) is 15.6. The first-order valence-electron chi connectivity index (χ1n) is 11.7. The molecule has 0 aliphatic carbocycles. The molecule has 4 nitrogen and oxygen atoms in total. The quantitative estimate of drug-likeness (QED) is 0.153. The SMILES string of the molecule is CC/C=C\C/C=C\C/C=C\C/C=C\C/C=C\CCCC(=O)NCCc1ccc(O)c(O)c1. The summed E-state index contributed by atoms with van der Waals surface area (Å²) in [5.41, 5.74) is 0.874. The van der Waals surface area contributed by atoms with Gasteiger partial charge >= 0.3 is 0 Å². The third-order valence-corrected chi connectivity index (χ3v) is 4.71. The average molecular weight is 438 g/mol. The van der Waals surface area contributed by atoms with Crippen molar-refractivity contribution in [3.63, 3.8) is 0 Å². The molecule has 174 valence electrons. The lowest BCUT2D eigenvalue weighted by Crippen LogP contribution is -2.25. The largest absolute Gasteiger partial charge is 0.504 e. The fourth-order valence-electron chi connectivity index (χ4n) is 2.91. The van der Waals surface area contributed by atoms with Crippen LogP contribution in [0.2, 0.25) is 0 Å². The molecule has 0 aromatic heterocycles. The maximum atomic E-state index is 11.9. The van der Waals surface area contributed by atoms with Crippen LogP contribution in [-0.2, 0) is 11.2 Å². The third kappa shape index (κ3) is 14.9. The highest BCUT2D eigenvalue weighted by atomic mass is 16.3. The first kappa shape index (κ1) is 27.0. The van der Waals surface area contributed by atoms with Crippen molar-refractivity contribution >= 4 is 5.91 Å². The molecule has 1 aromatic rings. The molecule has 1 amide bonds. The van der Waals surface area contributed by atoms with Crippen LogP contribution in [0.3, 0.4) is 0 Å². The van der Waals surface area contributed by atoms with E-state index in [9.17, 15) is 15.0 Å². The number of phenolic OH excluding ortho intramolecular Hbond substituents is 2. The second-order valence-corrected chi connectivity index (χ2v) is 7.52. The molecule has 0 aliphatic heterocycles. The lowest BCUT2D eigenvalue weighted by atomic mass is 10.1. The number of hydrogen-bond donors (Lipinski definition) is 3. The second-order valence-electron chi connectivity index (χ2n) is 7.52. The smallest absolute Gasteiger partial charge is 0.220 e. The van der Waals surface area contributed by atoms with Gasteiger partial charge in [0.1, 0.15) is 0 Å². The van der Waals surface area contributed by atoms with Crippen molar-refractivity contribution in [1.29, 1.82) is 0 Å². The molecule has 32 heavy (non-hydrogen) atoms. The van der Waals surface area contributed by atoms with Crippen molar-refractivity contribution in [2.75, 3.05) is 6.54 Å². The lowest BCUT2D eigenvalue weighted by Gasteiger charge is -2.06. The molecule has 3 N–H and O–H groups in total. The predicted molar refractivity (Wildman–Crippen MR) is 135 cm³/mol. The highest BCUT2D eigenvalue weighted by molar-refractivity contribution is 5.75. The Morgan fingerprint density at radius 3 is 1.94 bits per heavy atom. The number of benzene rings is 1.